The molecule has 0 aliphatic carbocycles. The van der Waals surface area contributed by atoms with E-state index in [-0.39, 0.29) is 30.2 Å². The van der Waals surface area contributed by atoms with Gasteiger partial charge >= 0.3 is 11.8 Å². The number of aromatic nitrogens is 5. The summed E-state index contributed by atoms with van der Waals surface area (Å²) in [7, 11) is 0. The average molecular weight is 408 g/mol. The molecule has 0 amide bonds. The standard InChI is InChI=1S/C20H20N6O4/c1-4-30-19(27)11-24-17-10-14(6-7-15(17)22-23-24)21-20-13(3)25(28)18-9-12(2)5-8-16(18)26(20)29/h5-10,21H,4,11H2,1-3H3. The minimum Gasteiger partial charge on any atom is -0.710 e. The van der Waals surface area contributed by atoms with Crippen LogP contribution in [0.3, 0.4) is 0 Å². The Kier molecular flexibility index (Phi) is 4.82. The number of hydrogen-bond acceptors (Lipinski definition) is 7. The third kappa shape index (κ3) is 3.32. The first-order chi connectivity index (χ1) is 14.4. The molecule has 0 atom stereocenters. The molecule has 0 saturated carbocycles. The lowest BCUT2D eigenvalue weighted by Gasteiger charge is -2.14. The fourth-order valence-corrected chi connectivity index (χ4v) is 3.28. The van der Waals surface area contributed by atoms with Crippen LogP contribution in [-0.2, 0) is 16.1 Å². The first-order valence-corrected chi connectivity index (χ1v) is 9.41. The number of carbonyl (C=O) groups is 1. The van der Waals surface area contributed by atoms with Gasteiger partial charge in [0.15, 0.2) is 0 Å². The number of anilines is 2. The van der Waals surface area contributed by atoms with Crippen LogP contribution in [0, 0.1) is 24.3 Å². The SMILES string of the molecule is CCOC(=O)Cn1nnc2ccc(Nc3c(C)[n+]([O-])c4cc(C)ccc4[n+]3[O-])cc21. The zero-order chi connectivity index (χ0) is 21.4. The molecule has 1 N–H and O–H groups in total. The van der Waals surface area contributed by atoms with Gasteiger partial charge in [-0.3, -0.25) is 4.79 Å². The van der Waals surface area contributed by atoms with Gasteiger partial charge in [-0.1, -0.05) is 11.3 Å². The second kappa shape index (κ2) is 7.47. The average Bonchev–Trinajstić information content (AvgIpc) is 3.11. The highest BCUT2D eigenvalue weighted by Crippen LogP contribution is 2.22. The van der Waals surface area contributed by atoms with E-state index in [2.05, 4.69) is 15.6 Å². The van der Waals surface area contributed by atoms with Crippen LogP contribution >= 0.6 is 0 Å². The highest BCUT2D eigenvalue weighted by molar-refractivity contribution is 5.81. The number of esters is 1. The number of carbonyl (C=O) groups excluding carboxylic acids is 1. The van der Waals surface area contributed by atoms with E-state index in [1.54, 1.807) is 50.2 Å². The molecule has 0 aliphatic heterocycles. The van der Waals surface area contributed by atoms with Gasteiger partial charge in [0.1, 0.15) is 17.7 Å². The third-order valence-corrected chi connectivity index (χ3v) is 4.78. The summed E-state index contributed by atoms with van der Waals surface area (Å²) in [5, 5.41) is 36.7. The van der Waals surface area contributed by atoms with Gasteiger partial charge in [-0.25, -0.2) is 14.7 Å². The van der Waals surface area contributed by atoms with E-state index in [0.29, 0.717) is 27.0 Å². The quantitative estimate of drug-likeness (QED) is 0.303. The summed E-state index contributed by atoms with van der Waals surface area (Å²) in [5.74, 6) is -0.307. The van der Waals surface area contributed by atoms with E-state index in [1.807, 2.05) is 6.92 Å². The fourth-order valence-electron chi connectivity index (χ4n) is 3.28. The Morgan fingerprint density at radius 2 is 1.93 bits per heavy atom. The number of aryl methyl sites for hydroxylation is 1. The molecule has 30 heavy (non-hydrogen) atoms. The Bertz CT molecular complexity index is 1280. The van der Waals surface area contributed by atoms with E-state index in [1.165, 1.54) is 4.68 Å². The molecular weight excluding hydrogens is 388 g/mol. The number of rotatable bonds is 5. The van der Waals surface area contributed by atoms with Crippen molar-refractivity contribution in [1.29, 1.82) is 0 Å². The van der Waals surface area contributed by atoms with E-state index < -0.39 is 5.97 Å². The van der Waals surface area contributed by atoms with Crippen molar-refractivity contribution in [1.82, 2.24) is 15.0 Å². The van der Waals surface area contributed by atoms with Crippen molar-refractivity contribution in [2.24, 2.45) is 0 Å². The Morgan fingerprint density at radius 3 is 2.70 bits per heavy atom. The maximum atomic E-state index is 12.9. The van der Waals surface area contributed by atoms with Crippen LogP contribution in [0.1, 0.15) is 18.2 Å². The Hall–Kier alpha value is -3.95. The number of benzene rings is 2. The minimum absolute atomic E-state index is 0.0791. The molecule has 0 fully saturated rings. The van der Waals surface area contributed by atoms with Gasteiger partial charge in [-0.15, -0.1) is 5.10 Å². The van der Waals surface area contributed by atoms with Gasteiger partial charge in [-0.05, 0) is 37.6 Å². The molecule has 2 aromatic heterocycles. The summed E-state index contributed by atoms with van der Waals surface area (Å²) in [6, 6.07) is 10.2. The number of ether oxygens (including phenoxy) is 1. The summed E-state index contributed by atoms with van der Waals surface area (Å²) >= 11 is 0. The topological polar surface area (TPSA) is 123 Å². The van der Waals surface area contributed by atoms with Gasteiger partial charge in [0.2, 0.25) is 5.52 Å². The Labute approximate surface area is 171 Å². The second-order valence-corrected chi connectivity index (χ2v) is 6.90. The largest absolute Gasteiger partial charge is 0.710 e. The Morgan fingerprint density at radius 1 is 1.13 bits per heavy atom. The lowest BCUT2D eigenvalue weighted by atomic mass is 10.2. The van der Waals surface area contributed by atoms with Crippen LogP contribution < -0.4 is 14.8 Å². The predicted octanol–water partition coefficient (Wildman–Crippen LogP) is 1.77. The highest BCUT2D eigenvalue weighted by Gasteiger charge is 2.24. The van der Waals surface area contributed by atoms with Crippen LogP contribution in [0.2, 0.25) is 0 Å². The van der Waals surface area contributed by atoms with Gasteiger partial charge in [-0.2, -0.15) is 4.73 Å². The van der Waals surface area contributed by atoms with Crippen molar-refractivity contribution in [3.63, 3.8) is 0 Å². The molecule has 2 heterocycles. The van der Waals surface area contributed by atoms with Crippen molar-refractivity contribution in [3.05, 3.63) is 58.1 Å². The minimum atomic E-state index is -0.423. The number of fused-ring (bicyclic) bond motifs is 2. The van der Waals surface area contributed by atoms with E-state index >= 15 is 0 Å². The van der Waals surface area contributed by atoms with Crippen molar-refractivity contribution >= 4 is 39.5 Å². The van der Waals surface area contributed by atoms with Crippen LogP contribution in [0.5, 0.6) is 0 Å². The van der Waals surface area contributed by atoms with Crippen LogP contribution in [0.15, 0.2) is 36.4 Å². The molecule has 0 aliphatic rings. The Balaban J connectivity index is 1.75. The first-order valence-electron chi connectivity index (χ1n) is 9.41. The molecule has 0 bridgehead atoms. The van der Waals surface area contributed by atoms with E-state index in [0.717, 1.165) is 10.3 Å². The first kappa shape index (κ1) is 19.4. The summed E-state index contributed by atoms with van der Waals surface area (Å²) in [5.41, 5.74) is 3.42. The van der Waals surface area contributed by atoms with Crippen LogP contribution in [-0.4, -0.2) is 27.6 Å². The second-order valence-electron chi connectivity index (χ2n) is 6.90. The zero-order valence-electron chi connectivity index (χ0n) is 16.7. The molecule has 154 valence electrons. The molecule has 2 aromatic carbocycles. The lowest BCUT2D eigenvalue weighted by Crippen LogP contribution is -2.43. The molecule has 10 nitrogen and oxygen atoms in total. The predicted molar refractivity (Wildman–Crippen MR) is 109 cm³/mol. The van der Waals surface area contributed by atoms with E-state index in [9.17, 15) is 15.2 Å². The van der Waals surface area contributed by atoms with Gasteiger partial charge in [0.25, 0.3) is 11.2 Å². The molecule has 0 spiro atoms. The third-order valence-electron chi connectivity index (χ3n) is 4.78. The maximum absolute atomic E-state index is 12.9. The fraction of sp³-hybridized carbons (Fsp3) is 0.250. The van der Waals surface area contributed by atoms with Crippen molar-refractivity contribution < 1.29 is 19.0 Å². The molecule has 4 aromatic rings. The van der Waals surface area contributed by atoms with Crippen LogP contribution in [0.4, 0.5) is 11.5 Å². The van der Waals surface area contributed by atoms with Crippen molar-refractivity contribution in [2.75, 3.05) is 11.9 Å². The summed E-state index contributed by atoms with van der Waals surface area (Å²) in [4.78, 5) is 11.8. The zero-order valence-corrected chi connectivity index (χ0v) is 16.7. The molecule has 0 radical (unpaired) electrons. The highest BCUT2D eigenvalue weighted by atomic mass is 16.5. The summed E-state index contributed by atoms with van der Waals surface area (Å²) in [6.45, 7) is 5.37. The van der Waals surface area contributed by atoms with Gasteiger partial charge in [0.05, 0.1) is 12.1 Å². The van der Waals surface area contributed by atoms with Crippen molar-refractivity contribution in [3.8, 4) is 0 Å². The van der Waals surface area contributed by atoms with Gasteiger partial charge < -0.3 is 15.2 Å². The monoisotopic (exact) mass is 408 g/mol. The molecule has 10 heteroatoms. The number of hydrogen-bond donors (Lipinski definition) is 1. The number of nitrogens with zero attached hydrogens (tertiary/aromatic N) is 5. The lowest BCUT2D eigenvalue weighted by molar-refractivity contribution is -0.623. The van der Waals surface area contributed by atoms with Crippen molar-refractivity contribution in [2.45, 2.75) is 27.3 Å². The summed E-state index contributed by atoms with van der Waals surface area (Å²) < 4.78 is 7.83. The van der Waals surface area contributed by atoms with Crippen LogP contribution in [0.25, 0.3) is 22.1 Å². The number of nitrogens with one attached hydrogen (secondary N) is 1. The molecular formula is C20H20N6O4. The molecule has 4 rings (SSSR count). The summed E-state index contributed by atoms with van der Waals surface area (Å²) in [6.07, 6.45) is 0. The maximum Gasteiger partial charge on any atom is 0.352 e. The van der Waals surface area contributed by atoms with E-state index in [4.69, 9.17) is 4.74 Å². The molecule has 0 unspecified atom stereocenters. The molecule has 0 saturated heterocycles. The normalized spacial score (nSPS) is 11.2. The van der Waals surface area contributed by atoms with Gasteiger partial charge in [0, 0.05) is 19.1 Å². The smallest absolute Gasteiger partial charge is 0.352 e.